The molecule has 124 valence electrons. The van der Waals surface area contributed by atoms with Crippen molar-refractivity contribution < 1.29 is 22.6 Å². The third kappa shape index (κ3) is 3.34. The number of ether oxygens (including phenoxy) is 2. The lowest BCUT2D eigenvalue weighted by atomic mass is 10.1. The van der Waals surface area contributed by atoms with Gasteiger partial charge < -0.3 is 14.8 Å². The van der Waals surface area contributed by atoms with Crippen LogP contribution in [0.15, 0.2) is 18.2 Å². The fourth-order valence-electron chi connectivity index (χ4n) is 2.47. The summed E-state index contributed by atoms with van der Waals surface area (Å²) in [5.74, 6) is 0.520. The van der Waals surface area contributed by atoms with Gasteiger partial charge in [-0.2, -0.15) is 13.2 Å². The van der Waals surface area contributed by atoms with Gasteiger partial charge in [-0.3, -0.25) is 4.98 Å². The van der Waals surface area contributed by atoms with Crippen molar-refractivity contribution in [1.82, 2.24) is 4.98 Å². The van der Waals surface area contributed by atoms with Gasteiger partial charge in [0.05, 0.1) is 35.2 Å². The van der Waals surface area contributed by atoms with Crippen molar-refractivity contribution in [2.75, 3.05) is 18.5 Å². The molecule has 2 heterocycles. The first-order valence-electron chi connectivity index (χ1n) is 7.38. The van der Waals surface area contributed by atoms with Crippen LogP contribution >= 0.6 is 0 Å². The Kier molecular flexibility index (Phi) is 4.06. The van der Waals surface area contributed by atoms with Gasteiger partial charge in [-0.1, -0.05) is 0 Å². The minimum atomic E-state index is -4.46. The predicted molar refractivity (Wildman–Crippen MR) is 80.7 cm³/mol. The highest BCUT2D eigenvalue weighted by Crippen LogP contribution is 2.39. The van der Waals surface area contributed by atoms with Crippen LogP contribution in [0.25, 0.3) is 10.9 Å². The smallest absolute Gasteiger partial charge is 0.417 e. The molecule has 3 rings (SSSR count). The van der Waals surface area contributed by atoms with E-state index in [4.69, 9.17) is 9.47 Å². The van der Waals surface area contributed by atoms with Gasteiger partial charge in [-0.05, 0) is 26.0 Å². The van der Waals surface area contributed by atoms with Gasteiger partial charge in [0, 0.05) is 18.0 Å². The molecule has 0 fully saturated rings. The van der Waals surface area contributed by atoms with Gasteiger partial charge in [0.15, 0.2) is 0 Å². The normalized spacial score (nSPS) is 14.5. The highest BCUT2D eigenvalue weighted by Gasteiger charge is 2.34. The zero-order valence-electron chi connectivity index (χ0n) is 12.8. The summed E-state index contributed by atoms with van der Waals surface area (Å²) in [7, 11) is 0. The summed E-state index contributed by atoms with van der Waals surface area (Å²) in [4.78, 5) is 4.30. The van der Waals surface area contributed by atoms with E-state index in [0.717, 1.165) is 6.07 Å². The Bertz CT molecular complexity index is 729. The summed E-state index contributed by atoms with van der Waals surface area (Å²) in [5.41, 5.74) is 0.356. The number of benzene rings is 1. The first kappa shape index (κ1) is 15.9. The third-order valence-corrected chi connectivity index (χ3v) is 3.51. The summed E-state index contributed by atoms with van der Waals surface area (Å²) < 4.78 is 51.1. The predicted octanol–water partition coefficient (Wildman–Crippen LogP) is 3.98. The van der Waals surface area contributed by atoms with Crippen LogP contribution in [-0.4, -0.2) is 24.2 Å². The standard InChI is InChI=1S/C16H17F3N2O2/c1-9(2)23-8-10-5-12(16(17,18)19)11-6-14-15(7-13(11)21-10)22-4-3-20-14/h5-7,9,20H,3-4,8H2,1-2H3. The van der Waals surface area contributed by atoms with Crippen molar-refractivity contribution in [2.24, 2.45) is 0 Å². The molecule has 1 N–H and O–H groups in total. The number of halogens is 3. The lowest BCUT2D eigenvalue weighted by Gasteiger charge is -2.21. The maximum absolute atomic E-state index is 13.4. The number of alkyl halides is 3. The molecule has 0 aliphatic carbocycles. The molecule has 7 heteroatoms. The molecule has 0 radical (unpaired) electrons. The van der Waals surface area contributed by atoms with Gasteiger partial charge in [-0.15, -0.1) is 0 Å². The highest BCUT2D eigenvalue weighted by molar-refractivity contribution is 5.89. The minimum Gasteiger partial charge on any atom is -0.490 e. The molecule has 0 atom stereocenters. The lowest BCUT2D eigenvalue weighted by molar-refractivity contribution is -0.136. The molecule has 1 aliphatic rings. The van der Waals surface area contributed by atoms with E-state index in [1.807, 2.05) is 13.8 Å². The van der Waals surface area contributed by atoms with Crippen LogP contribution in [-0.2, 0) is 17.5 Å². The van der Waals surface area contributed by atoms with E-state index >= 15 is 0 Å². The van der Waals surface area contributed by atoms with E-state index in [9.17, 15) is 13.2 Å². The molecule has 1 aromatic heterocycles. The Labute approximate surface area is 131 Å². The van der Waals surface area contributed by atoms with Crippen molar-refractivity contribution in [3.63, 3.8) is 0 Å². The first-order valence-corrected chi connectivity index (χ1v) is 7.38. The van der Waals surface area contributed by atoms with E-state index < -0.39 is 11.7 Å². The highest BCUT2D eigenvalue weighted by atomic mass is 19.4. The zero-order valence-corrected chi connectivity index (χ0v) is 12.8. The average Bonchev–Trinajstić information content (AvgIpc) is 2.49. The quantitative estimate of drug-likeness (QED) is 0.926. The maximum atomic E-state index is 13.4. The molecule has 4 nitrogen and oxygen atoms in total. The first-order chi connectivity index (χ1) is 10.8. The number of aromatic nitrogens is 1. The summed E-state index contributed by atoms with van der Waals surface area (Å²) in [5, 5.41) is 3.10. The van der Waals surface area contributed by atoms with E-state index in [2.05, 4.69) is 10.3 Å². The molecule has 0 spiro atoms. The van der Waals surface area contributed by atoms with E-state index in [1.54, 1.807) is 6.07 Å². The second-order valence-corrected chi connectivity index (χ2v) is 5.66. The minimum absolute atomic E-state index is 0.0346. The molecule has 2 aromatic rings. The van der Waals surface area contributed by atoms with Crippen LogP contribution in [0.2, 0.25) is 0 Å². The van der Waals surface area contributed by atoms with Crippen molar-refractivity contribution >= 4 is 16.6 Å². The molecule has 0 saturated carbocycles. The Morgan fingerprint density at radius 3 is 2.78 bits per heavy atom. The molecule has 0 bridgehead atoms. The second-order valence-electron chi connectivity index (χ2n) is 5.66. The SMILES string of the molecule is CC(C)OCc1cc(C(F)(F)F)c2cc3c(cc2n1)OCCN3. The topological polar surface area (TPSA) is 43.4 Å². The van der Waals surface area contributed by atoms with Crippen LogP contribution < -0.4 is 10.1 Å². The maximum Gasteiger partial charge on any atom is 0.417 e. The summed E-state index contributed by atoms with van der Waals surface area (Å²) >= 11 is 0. The van der Waals surface area contributed by atoms with E-state index in [1.165, 1.54) is 6.07 Å². The molecule has 0 saturated heterocycles. The number of hydrogen-bond acceptors (Lipinski definition) is 4. The van der Waals surface area contributed by atoms with Crippen molar-refractivity contribution in [3.8, 4) is 5.75 Å². The van der Waals surface area contributed by atoms with Gasteiger partial charge in [0.2, 0.25) is 0 Å². The molecule has 1 aliphatic heterocycles. The molecule has 0 amide bonds. The van der Waals surface area contributed by atoms with Gasteiger partial charge in [-0.25, -0.2) is 0 Å². The van der Waals surface area contributed by atoms with Gasteiger partial charge in [0.25, 0.3) is 0 Å². The second kappa shape index (κ2) is 5.88. The molecule has 0 unspecified atom stereocenters. The number of pyridine rings is 1. The molecule has 1 aromatic carbocycles. The van der Waals surface area contributed by atoms with Crippen molar-refractivity contribution in [2.45, 2.75) is 32.7 Å². The van der Waals surface area contributed by atoms with E-state index in [0.29, 0.717) is 24.6 Å². The van der Waals surface area contributed by atoms with Crippen molar-refractivity contribution in [3.05, 3.63) is 29.5 Å². The van der Waals surface area contributed by atoms with Crippen molar-refractivity contribution in [1.29, 1.82) is 0 Å². The van der Waals surface area contributed by atoms with Crippen LogP contribution in [0.1, 0.15) is 25.1 Å². The Balaban J connectivity index is 2.14. The Morgan fingerprint density at radius 1 is 1.30 bits per heavy atom. The number of hydrogen-bond donors (Lipinski definition) is 1. The van der Waals surface area contributed by atoms with E-state index in [-0.39, 0.29) is 29.3 Å². The van der Waals surface area contributed by atoms with Crippen LogP contribution in [0.4, 0.5) is 18.9 Å². The number of nitrogens with one attached hydrogen (secondary N) is 1. The monoisotopic (exact) mass is 326 g/mol. The molecule has 23 heavy (non-hydrogen) atoms. The largest absolute Gasteiger partial charge is 0.490 e. The van der Waals surface area contributed by atoms with Crippen LogP contribution in [0.5, 0.6) is 5.75 Å². The van der Waals surface area contributed by atoms with Crippen LogP contribution in [0.3, 0.4) is 0 Å². The summed E-state index contributed by atoms with van der Waals surface area (Å²) in [6.45, 7) is 4.71. The fourth-order valence-corrected chi connectivity index (χ4v) is 2.47. The summed E-state index contributed by atoms with van der Waals surface area (Å²) in [6, 6.07) is 4.05. The number of anilines is 1. The molecular weight excluding hydrogens is 309 g/mol. The Hall–Kier alpha value is -2.02. The lowest BCUT2D eigenvalue weighted by Crippen LogP contribution is -2.18. The number of fused-ring (bicyclic) bond motifs is 2. The Morgan fingerprint density at radius 2 is 2.09 bits per heavy atom. The van der Waals surface area contributed by atoms with Gasteiger partial charge >= 0.3 is 6.18 Å². The third-order valence-electron chi connectivity index (χ3n) is 3.51. The zero-order chi connectivity index (χ0) is 16.6. The van der Waals surface area contributed by atoms with Crippen LogP contribution in [0, 0.1) is 0 Å². The van der Waals surface area contributed by atoms with Gasteiger partial charge in [0.1, 0.15) is 12.4 Å². The number of nitrogens with zero attached hydrogens (tertiary/aromatic N) is 1. The number of rotatable bonds is 3. The fraction of sp³-hybridized carbons (Fsp3) is 0.438. The summed E-state index contributed by atoms with van der Waals surface area (Å²) in [6.07, 6.45) is -4.55. The molecular formula is C16H17F3N2O2. The average molecular weight is 326 g/mol.